The highest BCUT2D eigenvalue weighted by atomic mass is 35.5. The van der Waals surface area contributed by atoms with E-state index in [0.29, 0.717) is 0 Å². The van der Waals surface area contributed by atoms with Crippen molar-refractivity contribution in [2.24, 2.45) is 0 Å². The Morgan fingerprint density at radius 3 is 3.05 bits per heavy atom. The number of morpholine rings is 1. The van der Waals surface area contributed by atoms with Gasteiger partial charge in [0.25, 0.3) is 0 Å². The van der Waals surface area contributed by atoms with Crippen LogP contribution in [0.2, 0.25) is 5.02 Å². The topological polar surface area (TPSA) is 37.4 Å². The molecule has 4 nitrogen and oxygen atoms in total. The Morgan fingerprint density at radius 1 is 1.35 bits per heavy atom. The molecule has 1 aliphatic heterocycles. The first kappa shape index (κ1) is 14.1. The van der Waals surface area contributed by atoms with Crippen molar-refractivity contribution >= 4 is 38.3 Å². The van der Waals surface area contributed by atoms with Crippen molar-refractivity contribution in [2.75, 3.05) is 44.7 Å². The summed E-state index contributed by atoms with van der Waals surface area (Å²) >= 11 is 7.65. The number of ether oxygens (including phenoxy) is 1. The van der Waals surface area contributed by atoms with Gasteiger partial charge in [0.05, 0.1) is 23.4 Å². The number of rotatable bonds is 5. The average molecular weight is 312 g/mol. The predicted octanol–water partition coefficient (Wildman–Crippen LogP) is 3.08. The first-order chi connectivity index (χ1) is 9.81. The zero-order valence-electron chi connectivity index (χ0n) is 11.3. The van der Waals surface area contributed by atoms with Crippen molar-refractivity contribution < 1.29 is 4.74 Å². The molecule has 2 heterocycles. The summed E-state index contributed by atoms with van der Waals surface area (Å²) in [5.74, 6) is 0. The van der Waals surface area contributed by atoms with Gasteiger partial charge >= 0.3 is 0 Å². The molecule has 1 aliphatic rings. The largest absolute Gasteiger partial charge is 0.379 e. The van der Waals surface area contributed by atoms with E-state index in [1.807, 2.05) is 18.2 Å². The second-order valence-electron chi connectivity index (χ2n) is 4.87. The Kier molecular flexibility index (Phi) is 4.73. The van der Waals surface area contributed by atoms with Gasteiger partial charge in [-0.1, -0.05) is 22.9 Å². The Hall–Kier alpha value is -0.880. The van der Waals surface area contributed by atoms with Crippen LogP contribution in [0, 0.1) is 0 Å². The monoisotopic (exact) mass is 311 g/mol. The zero-order valence-corrected chi connectivity index (χ0v) is 12.8. The van der Waals surface area contributed by atoms with Crippen LogP contribution in [0.5, 0.6) is 0 Å². The first-order valence-electron chi connectivity index (χ1n) is 6.91. The maximum atomic E-state index is 5.97. The Labute approximate surface area is 127 Å². The molecule has 1 saturated heterocycles. The lowest BCUT2D eigenvalue weighted by Crippen LogP contribution is -2.37. The number of nitrogens with zero attached hydrogens (tertiary/aromatic N) is 2. The van der Waals surface area contributed by atoms with E-state index in [9.17, 15) is 0 Å². The number of halogens is 1. The number of hydrogen-bond acceptors (Lipinski definition) is 5. The van der Waals surface area contributed by atoms with Crippen molar-refractivity contribution in [1.82, 2.24) is 9.88 Å². The zero-order chi connectivity index (χ0) is 13.8. The second-order valence-corrected chi connectivity index (χ2v) is 6.33. The fourth-order valence-electron chi connectivity index (χ4n) is 2.30. The number of anilines is 1. The van der Waals surface area contributed by atoms with Crippen molar-refractivity contribution in [1.29, 1.82) is 0 Å². The van der Waals surface area contributed by atoms with Crippen LogP contribution in [0.4, 0.5) is 5.13 Å². The number of aromatic nitrogens is 1. The predicted molar refractivity (Wildman–Crippen MR) is 85.0 cm³/mol. The summed E-state index contributed by atoms with van der Waals surface area (Å²) in [6.45, 7) is 5.91. The standard InChI is InChI=1S/C14H18ClN3OS/c15-11-2-3-13-12(10-11)17-14(20-13)16-4-1-5-18-6-8-19-9-7-18/h2-3,10H,1,4-9H2,(H,16,17). The van der Waals surface area contributed by atoms with E-state index < -0.39 is 0 Å². The molecule has 6 heteroatoms. The molecule has 2 aromatic rings. The summed E-state index contributed by atoms with van der Waals surface area (Å²) < 4.78 is 6.51. The van der Waals surface area contributed by atoms with Crippen molar-refractivity contribution in [3.8, 4) is 0 Å². The molecule has 20 heavy (non-hydrogen) atoms. The summed E-state index contributed by atoms with van der Waals surface area (Å²) in [7, 11) is 0. The number of nitrogens with one attached hydrogen (secondary N) is 1. The Morgan fingerprint density at radius 2 is 2.20 bits per heavy atom. The molecule has 1 aromatic carbocycles. The lowest BCUT2D eigenvalue weighted by atomic mass is 10.3. The van der Waals surface area contributed by atoms with Crippen LogP contribution in [-0.2, 0) is 4.74 Å². The third-order valence-electron chi connectivity index (χ3n) is 3.38. The van der Waals surface area contributed by atoms with E-state index in [1.165, 1.54) is 4.70 Å². The lowest BCUT2D eigenvalue weighted by molar-refractivity contribution is 0.0378. The first-order valence-corrected chi connectivity index (χ1v) is 8.11. The fraction of sp³-hybridized carbons (Fsp3) is 0.500. The number of thiazole rings is 1. The summed E-state index contributed by atoms with van der Waals surface area (Å²) in [5, 5.41) is 5.11. The molecule has 1 aromatic heterocycles. The van der Waals surface area contributed by atoms with E-state index in [0.717, 1.165) is 61.5 Å². The minimum Gasteiger partial charge on any atom is -0.379 e. The quantitative estimate of drug-likeness (QED) is 0.861. The molecular formula is C14H18ClN3OS. The molecule has 3 rings (SSSR count). The summed E-state index contributed by atoms with van der Waals surface area (Å²) in [6, 6.07) is 5.84. The Balaban J connectivity index is 1.47. The number of benzene rings is 1. The highest BCUT2D eigenvalue weighted by Gasteiger charge is 2.09. The lowest BCUT2D eigenvalue weighted by Gasteiger charge is -2.26. The van der Waals surface area contributed by atoms with Crippen LogP contribution in [0.15, 0.2) is 18.2 Å². The normalized spacial score (nSPS) is 16.6. The smallest absolute Gasteiger partial charge is 0.183 e. The number of fused-ring (bicyclic) bond motifs is 1. The van der Waals surface area contributed by atoms with Crippen molar-refractivity contribution in [2.45, 2.75) is 6.42 Å². The maximum Gasteiger partial charge on any atom is 0.183 e. The van der Waals surface area contributed by atoms with Gasteiger partial charge in [0.1, 0.15) is 0 Å². The van der Waals surface area contributed by atoms with Gasteiger partial charge in [-0.25, -0.2) is 4.98 Å². The van der Waals surface area contributed by atoms with Crippen molar-refractivity contribution in [3.05, 3.63) is 23.2 Å². The molecule has 0 unspecified atom stereocenters. The molecule has 0 bridgehead atoms. The molecular weight excluding hydrogens is 294 g/mol. The summed E-state index contributed by atoms with van der Waals surface area (Å²) in [6.07, 6.45) is 1.12. The van der Waals surface area contributed by atoms with Gasteiger partial charge in [0.2, 0.25) is 0 Å². The molecule has 0 atom stereocenters. The van der Waals surface area contributed by atoms with Crippen LogP contribution in [-0.4, -0.2) is 49.3 Å². The van der Waals surface area contributed by atoms with Gasteiger partial charge in [-0.2, -0.15) is 0 Å². The summed E-state index contributed by atoms with van der Waals surface area (Å²) in [5.41, 5.74) is 0.971. The van der Waals surface area contributed by atoms with Crippen molar-refractivity contribution in [3.63, 3.8) is 0 Å². The van der Waals surface area contributed by atoms with Crippen LogP contribution in [0.1, 0.15) is 6.42 Å². The third-order valence-corrected chi connectivity index (χ3v) is 4.61. The molecule has 0 radical (unpaired) electrons. The highest BCUT2D eigenvalue weighted by molar-refractivity contribution is 7.22. The van der Waals surface area contributed by atoms with Gasteiger partial charge in [0, 0.05) is 24.7 Å². The van der Waals surface area contributed by atoms with E-state index in [2.05, 4.69) is 15.2 Å². The molecule has 0 amide bonds. The summed E-state index contributed by atoms with van der Waals surface area (Å²) in [4.78, 5) is 6.99. The number of hydrogen-bond donors (Lipinski definition) is 1. The van der Waals surface area contributed by atoms with Crippen LogP contribution in [0.25, 0.3) is 10.2 Å². The van der Waals surface area contributed by atoms with Gasteiger partial charge in [-0.05, 0) is 31.2 Å². The van der Waals surface area contributed by atoms with Gasteiger partial charge < -0.3 is 10.1 Å². The van der Waals surface area contributed by atoms with Crippen LogP contribution >= 0.6 is 22.9 Å². The van der Waals surface area contributed by atoms with E-state index in [1.54, 1.807) is 11.3 Å². The molecule has 0 aliphatic carbocycles. The van der Waals surface area contributed by atoms with Gasteiger partial charge in [-0.3, -0.25) is 4.90 Å². The minimum atomic E-state index is 0.738. The SMILES string of the molecule is Clc1ccc2sc(NCCCN3CCOCC3)nc2c1. The maximum absolute atomic E-state index is 5.97. The van der Waals surface area contributed by atoms with Gasteiger partial charge in [-0.15, -0.1) is 0 Å². The van der Waals surface area contributed by atoms with Crippen LogP contribution in [0.3, 0.4) is 0 Å². The van der Waals surface area contributed by atoms with Crippen LogP contribution < -0.4 is 5.32 Å². The van der Waals surface area contributed by atoms with E-state index in [4.69, 9.17) is 16.3 Å². The molecule has 1 N–H and O–H groups in total. The highest BCUT2D eigenvalue weighted by Crippen LogP contribution is 2.27. The molecule has 0 spiro atoms. The molecule has 1 fully saturated rings. The van der Waals surface area contributed by atoms with E-state index >= 15 is 0 Å². The average Bonchev–Trinajstić information content (AvgIpc) is 2.86. The molecule has 0 saturated carbocycles. The van der Waals surface area contributed by atoms with E-state index in [-0.39, 0.29) is 0 Å². The molecule has 108 valence electrons. The van der Waals surface area contributed by atoms with Gasteiger partial charge in [0.15, 0.2) is 5.13 Å². The fourth-order valence-corrected chi connectivity index (χ4v) is 3.34. The third kappa shape index (κ3) is 3.61. The minimum absolute atomic E-state index is 0.738. The Bertz CT molecular complexity index is 569. The second kappa shape index (κ2) is 6.72.